The van der Waals surface area contributed by atoms with E-state index in [0.29, 0.717) is 5.92 Å². The van der Waals surface area contributed by atoms with Crippen molar-refractivity contribution in [3.05, 3.63) is 0 Å². The van der Waals surface area contributed by atoms with Crippen LogP contribution in [-0.2, 0) is 4.79 Å². The molecule has 3 nitrogen and oxygen atoms in total. The minimum Gasteiger partial charge on any atom is -0.393 e. The van der Waals surface area contributed by atoms with Crippen molar-refractivity contribution in [3.8, 4) is 0 Å². The van der Waals surface area contributed by atoms with Crippen molar-refractivity contribution in [1.29, 1.82) is 0 Å². The van der Waals surface area contributed by atoms with Crippen LogP contribution in [0.2, 0.25) is 0 Å². The van der Waals surface area contributed by atoms with Gasteiger partial charge in [-0.3, -0.25) is 4.79 Å². The summed E-state index contributed by atoms with van der Waals surface area (Å²) >= 11 is 0. The SMILES string of the molecule is CC1CCCC1C(=O)NC1CC(O)C1. The lowest BCUT2D eigenvalue weighted by Gasteiger charge is -2.33. The zero-order valence-corrected chi connectivity index (χ0v) is 8.70. The Balaban J connectivity index is 1.78. The van der Waals surface area contributed by atoms with Crippen molar-refractivity contribution in [1.82, 2.24) is 5.32 Å². The summed E-state index contributed by atoms with van der Waals surface area (Å²) in [6.45, 7) is 2.16. The lowest BCUT2D eigenvalue weighted by molar-refractivity contribution is -0.127. The number of hydrogen-bond donors (Lipinski definition) is 2. The van der Waals surface area contributed by atoms with E-state index in [9.17, 15) is 4.79 Å². The number of aliphatic hydroxyl groups excluding tert-OH is 1. The summed E-state index contributed by atoms with van der Waals surface area (Å²) in [5, 5.41) is 12.1. The standard InChI is InChI=1S/C11H19NO2/c1-7-3-2-4-10(7)11(14)12-8-5-9(13)6-8/h7-10,13H,2-6H2,1H3,(H,12,14). The molecule has 0 aromatic heterocycles. The van der Waals surface area contributed by atoms with Crippen molar-refractivity contribution in [3.63, 3.8) is 0 Å². The third-order valence-corrected chi connectivity index (χ3v) is 3.66. The normalized spacial score (nSPS) is 41.9. The Labute approximate surface area is 84.9 Å². The van der Waals surface area contributed by atoms with Crippen LogP contribution in [0.5, 0.6) is 0 Å². The van der Waals surface area contributed by atoms with E-state index in [4.69, 9.17) is 5.11 Å². The van der Waals surface area contributed by atoms with Crippen LogP contribution in [-0.4, -0.2) is 23.2 Å². The van der Waals surface area contributed by atoms with E-state index < -0.39 is 0 Å². The Kier molecular flexibility index (Phi) is 2.77. The van der Waals surface area contributed by atoms with Crippen LogP contribution in [0, 0.1) is 11.8 Å². The highest BCUT2D eigenvalue weighted by molar-refractivity contribution is 5.79. The molecule has 0 radical (unpaired) electrons. The number of hydrogen-bond acceptors (Lipinski definition) is 2. The molecular weight excluding hydrogens is 178 g/mol. The number of carbonyl (C=O) groups excluding carboxylic acids is 1. The van der Waals surface area contributed by atoms with Gasteiger partial charge in [-0.05, 0) is 31.6 Å². The molecule has 2 rings (SSSR count). The Morgan fingerprint density at radius 3 is 2.57 bits per heavy atom. The molecule has 80 valence electrons. The quantitative estimate of drug-likeness (QED) is 0.695. The summed E-state index contributed by atoms with van der Waals surface area (Å²) in [6.07, 6.45) is 4.72. The first-order valence-electron chi connectivity index (χ1n) is 5.65. The molecule has 0 aromatic carbocycles. The van der Waals surface area contributed by atoms with Gasteiger partial charge in [0.1, 0.15) is 0 Å². The van der Waals surface area contributed by atoms with E-state index in [2.05, 4.69) is 12.2 Å². The fourth-order valence-corrected chi connectivity index (χ4v) is 2.55. The number of amides is 1. The van der Waals surface area contributed by atoms with E-state index in [1.165, 1.54) is 12.8 Å². The first kappa shape index (κ1) is 9.97. The molecule has 3 heteroatoms. The second kappa shape index (κ2) is 3.89. The smallest absolute Gasteiger partial charge is 0.223 e. The van der Waals surface area contributed by atoms with Gasteiger partial charge in [0.25, 0.3) is 0 Å². The van der Waals surface area contributed by atoms with E-state index >= 15 is 0 Å². The fraction of sp³-hybridized carbons (Fsp3) is 0.909. The second-order valence-electron chi connectivity index (χ2n) is 4.85. The van der Waals surface area contributed by atoms with Crippen molar-refractivity contribution in [2.45, 2.75) is 51.2 Å². The minimum absolute atomic E-state index is 0.179. The minimum atomic E-state index is -0.179. The highest BCUT2D eigenvalue weighted by Gasteiger charge is 2.34. The van der Waals surface area contributed by atoms with Crippen molar-refractivity contribution < 1.29 is 9.90 Å². The predicted molar refractivity (Wildman–Crippen MR) is 53.7 cm³/mol. The number of carbonyl (C=O) groups is 1. The largest absolute Gasteiger partial charge is 0.393 e. The third kappa shape index (κ3) is 1.92. The maximum atomic E-state index is 11.8. The van der Waals surface area contributed by atoms with E-state index in [-0.39, 0.29) is 24.0 Å². The highest BCUT2D eigenvalue weighted by Crippen LogP contribution is 2.32. The molecule has 14 heavy (non-hydrogen) atoms. The van der Waals surface area contributed by atoms with Gasteiger partial charge in [-0.25, -0.2) is 0 Å². The molecule has 2 fully saturated rings. The Hall–Kier alpha value is -0.570. The molecule has 2 saturated carbocycles. The lowest BCUT2D eigenvalue weighted by Crippen LogP contribution is -2.48. The third-order valence-electron chi connectivity index (χ3n) is 3.66. The molecule has 0 aliphatic heterocycles. The molecule has 0 bridgehead atoms. The van der Waals surface area contributed by atoms with Gasteiger partial charge in [0.15, 0.2) is 0 Å². The van der Waals surface area contributed by atoms with Gasteiger partial charge in [0, 0.05) is 12.0 Å². The summed E-state index contributed by atoms with van der Waals surface area (Å²) in [7, 11) is 0. The molecule has 0 spiro atoms. The molecule has 2 aliphatic rings. The topological polar surface area (TPSA) is 49.3 Å². The first-order chi connectivity index (χ1) is 6.66. The van der Waals surface area contributed by atoms with Crippen LogP contribution in [0.1, 0.15) is 39.0 Å². The molecule has 2 aliphatic carbocycles. The summed E-state index contributed by atoms with van der Waals surface area (Å²) in [4.78, 5) is 11.8. The molecule has 0 saturated heterocycles. The van der Waals surface area contributed by atoms with Crippen LogP contribution in [0.15, 0.2) is 0 Å². The van der Waals surface area contributed by atoms with E-state index in [1.54, 1.807) is 0 Å². The van der Waals surface area contributed by atoms with Gasteiger partial charge in [-0.1, -0.05) is 13.3 Å². The first-order valence-corrected chi connectivity index (χ1v) is 5.65. The van der Waals surface area contributed by atoms with Gasteiger partial charge in [0.2, 0.25) is 5.91 Å². The zero-order chi connectivity index (χ0) is 10.1. The average molecular weight is 197 g/mol. The molecule has 0 aromatic rings. The molecule has 0 heterocycles. The maximum absolute atomic E-state index is 11.8. The zero-order valence-electron chi connectivity index (χ0n) is 8.70. The van der Waals surface area contributed by atoms with Gasteiger partial charge in [0.05, 0.1) is 6.10 Å². The summed E-state index contributed by atoms with van der Waals surface area (Å²) < 4.78 is 0. The van der Waals surface area contributed by atoms with Crippen molar-refractivity contribution >= 4 is 5.91 Å². The van der Waals surface area contributed by atoms with E-state index in [1.807, 2.05) is 0 Å². The van der Waals surface area contributed by atoms with Crippen LogP contribution in [0.4, 0.5) is 0 Å². The molecule has 1 amide bonds. The van der Waals surface area contributed by atoms with Crippen LogP contribution in [0.3, 0.4) is 0 Å². The fourth-order valence-electron chi connectivity index (χ4n) is 2.55. The van der Waals surface area contributed by atoms with Gasteiger partial charge in [-0.15, -0.1) is 0 Å². The number of aliphatic hydroxyl groups is 1. The van der Waals surface area contributed by atoms with Crippen LogP contribution >= 0.6 is 0 Å². The average Bonchev–Trinajstić information content (AvgIpc) is 2.48. The predicted octanol–water partition coefficient (Wildman–Crippen LogP) is 1.06. The molecule has 2 N–H and O–H groups in total. The summed E-state index contributed by atoms with van der Waals surface area (Å²) in [6, 6.07) is 0.241. The molecular formula is C11H19NO2. The summed E-state index contributed by atoms with van der Waals surface area (Å²) in [5.41, 5.74) is 0. The second-order valence-corrected chi connectivity index (χ2v) is 4.85. The molecule has 2 unspecified atom stereocenters. The highest BCUT2D eigenvalue weighted by atomic mass is 16.3. The van der Waals surface area contributed by atoms with Crippen LogP contribution < -0.4 is 5.32 Å². The lowest BCUT2D eigenvalue weighted by atomic mass is 9.88. The number of nitrogens with one attached hydrogen (secondary N) is 1. The molecule has 2 atom stereocenters. The Morgan fingerprint density at radius 2 is 2.07 bits per heavy atom. The van der Waals surface area contributed by atoms with E-state index in [0.717, 1.165) is 19.3 Å². The summed E-state index contributed by atoms with van der Waals surface area (Å²) in [5.74, 6) is 0.986. The Bertz CT molecular complexity index is 223. The monoisotopic (exact) mass is 197 g/mol. The number of rotatable bonds is 2. The van der Waals surface area contributed by atoms with Gasteiger partial charge >= 0.3 is 0 Å². The van der Waals surface area contributed by atoms with Crippen molar-refractivity contribution in [2.24, 2.45) is 11.8 Å². The van der Waals surface area contributed by atoms with Crippen LogP contribution in [0.25, 0.3) is 0 Å². The van der Waals surface area contributed by atoms with Gasteiger partial charge < -0.3 is 10.4 Å². The van der Waals surface area contributed by atoms with Gasteiger partial charge in [-0.2, -0.15) is 0 Å². The maximum Gasteiger partial charge on any atom is 0.223 e. The van der Waals surface area contributed by atoms with Crippen molar-refractivity contribution in [2.75, 3.05) is 0 Å². The Morgan fingerprint density at radius 1 is 1.36 bits per heavy atom.